The number of urea groups is 1. The molecule has 0 atom stereocenters. The Bertz CT molecular complexity index is 1060. The third-order valence-corrected chi connectivity index (χ3v) is 4.79. The fourth-order valence-electron chi connectivity index (χ4n) is 3.11. The maximum absolute atomic E-state index is 12.8. The van der Waals surface area contributed by atoms with Crippen LogP contribution in [-0.2, 0) is 16.2 Å². The summed E-state index contributed by atoms with van der Waals surface area (Å²) in [6.45, 7) is 2.23. The summed E-state index contributed by atoms with van der Waals surface area (Å²) < 4.78 is 5.85. The predicted molar refractivity (Wildman–Crippen MR) is 112 cm³/mol. The van der Waals surface area contributed by atoms with Gasteiger partial charge < -0.3 is 9.84 Å². The van der Waals surface area contributed by atoms with Crippen molar-refractivity contribution < 1.29 is 29.0 Å². The monoisotopic (exact) mass is 422 g/mol. The minimum Gasteiger partial charge on any atom is -0.488 e. The molecule has 1 aliphatic rings. The average Bonchev–Trinajstić information content (AvgIpc) is 2.77. The second-order valence-corrected chi connectivity index (χ2v) is 6.99. The lowest BCUT2D eigenvalue weighted by Gasteiger charge is -2.31. The third-order valence-electron chi connectivity index (χ3n) is 4.79. The largest absolute Gasteiger partial charge is 0.488 e. The molecular formula is C23H22N2O6. The maximum atomic E-state index is 12.8. The maximum Gasteiger partial charge on any atom is 0.335 e. The molecule has 0 bridgehead atoms. The zero-order chi connectivity index (χ0) is 22.5. The van der Waals surface area contributed by atoms with E-state index < -0.39 is 23.8 Å². The third kappa shape index (κ3) is 4.63. The van der Waals surface area contributed by atoms with Gasteiger partial charge in [-0.1, -0.05) is 37.3 Å². The Kier molecular flexibility index (Phi) is 6.49. The first-order valence-electron chi connectivity index (χ1n) is 9.73. The highest BCUT2D eigenvalue weighted by Crippen LogP contribution is 2.25. The van der Waals surface area contributed by atoms with Crippen LogP contribution >= 0.6 is 0 Å². The Labute approximate surface area is 179 Å². The Morgan fingerprint density at radius 1 is 1.03 bits per heavy atom. The van der Waals surface area contributed by atoms with Gasteiger partial charge in [0, 0.05) is 19.2 Å². The van der Waals surface area contributed by atoms with E-state index in [1.807, 2.05) is 6.92 Å². The fourth-order valence-corrected chi connectivity index (χ4v) is 3.11. The molecule has 1 saturated heterocycles. The van der Waals surface area contributed by atoms with Crippen molar-refractivity contribution in [2.24, 2.45) is 0 Å². The summed E-state index contributed by atoms with van der Waals surface area (Å²) in [6.07, 6.45) is 2.01. The summed E-state index contributed by atoms with van der Waals surface area (Å²) >= 11 is 0. The lowest BCUT2D eigenvalue weighted by molar-refractivity contribution is -0.135. The van der Waals surface area contributed by atoms with Crippen molar-refractivity contribution in [3.05, 3.63) is 70.8 Å². The van der Waals surface area contributed by atoms with E-state index in [-0.39, 0.29) is 24.3 Å². The molecule has 1 heterocycles. The number of carboxylic acid groups (broad SMARTS) is 1. The first-order chi connectivity index (χ1) is 14.8. The second kappa shape index (κ2) is 9.25. The van der Waals surface area contributed by atoms with Crippen LogP contribution in [0.1, 0.15) is 34.8 Å². The average molecular weight is 422 g/mol. The van der Waals surface area contributed by atoms with Crippen molar-refractivity contribution in [2.45, 2.75) is 20.0 Å². The molecule has 8 nitrogen and oxygen atoms in total. The van der Waals surface area contributed by atoms with Crippen LogP contribution < -0.4 is 4.74 Å². The summed E-state index contributed by atoms with van der Waals surface area (Å²) in [7, 11) is 1.34. The van der Waals surface area contributed by atoms with Crippen LogP contribution in [0.25, 0.3) is 6.08 Å². The molecule has 0 saturated carbocycles. The number of imide groups is 2. The van der Waals surface area contributed by atoms with Crippen LogP contribution in [0.5, 0.6) is 5.75 Å². The number of carboxylic acids is 1. The second-order valence-electron chi connectivity index (χ2n) is 6.99. The topological polar surface area (TPSA) is 104 Å². The first kappa shape index (κ1) is 21.8. The number of hydrogen-bond acceptors (Lipinski definition) is 5. The van der Waals surface area contributed by atoms with Crippen molar-refractivity contribution in [1.82, 2.24) is 9.80 Å². The van der Waals surface area contributed by atoms with E-state index in [1.165, 1.54) is 25.3 Å². The minimum absolute atomic E-state index is 0.114. The number of hydrogen-bond donors (Lipinski definition) is 1. The quantitative estimate of drug-likeness (QED) is 0.543. The Hall–Kier alpha value is -3.94. The number of nitrogens with zero attached hydrogens (tertiary/aromatic N) is 2. The van der Waals surface area contributed by atoms with Crippen LogP contribution in [0, 0.1) is 0 Å². The standard InChI is InChI=1S/C23H22N2O6/c1-3-12-25-21(27)18(20(26)24(2)23(25)30)13-17-6-4-5-7-19(17)31-14-15-8-10-16(11-9-15)22(28)29/h4-11,13H,3,12,14H2,1-2H3,(H,28,29). The molecule has 0 unspecified atom stereocenters. The number of barbiturate groups is 1. The molecule has 2 aromatic rings. The lowest BCUT2D eigenvalue weighted by Crippen LogP contribution is -2.54. The van der Waals surface area contributed by atoms with E-state index in [2.05, 4.69) is 0 Å². The molecule has 0 spiro atoms. The van der Waals surface area contributed by atoms with E-state index in [1.54, 1.807) is 36.4 Å². The Morgan fingerprint density at radius 2 is 1.71 bits per heavy atom. The number of aromatic carboxylic acids is 1. The number of carbonyl (C=O) groups is 4. The van der Waals surface area contributed by atoms with Gasteiger partial charge in [-0.15, -0.1) is 0 Å². The lowest BCUT2D eigenvalue weighted by atomic mass is 10.1. The predicted octanol–water partition coefficient (Wildman–Crippen LogP) is 3.18. The molecule has 3 rings (SSSR count). The van der Waals surface area contributed by atoms with Crippen molar-refractivity contribution in [1.29, 1.82) is 0 Å². The van der Waals surface area contributed by atoms with Crippen LogP contribution in [0.4, 0.5) is 4.79 Å². The van der Waals surface area contributed by atoms with Crippen molar-refractivity contribution in [3.8, 4) is 5.75 Å². The highest BCUT2D eigenvalue weighted by molar-refractivity contribution is 6.30. The highest BCUT2D eigenvalue weighted by Gasteiger charge is 2.39. The highest BCUT2D eigenvalue weighted by atomic mass is 16.5. The van der Waals surface area contributed by atoms with Gasteiger partial charge in [-0.25, -0.2) is 9.59 Å². The molecule has 0 aromatic heterocycles. The summed E-state index contributed by atoms with van der Waals surface area (Å²) in [4.78, 5) is 50.5. The molecule has 0 radical (unpaired) electrons. The van der Waals surface area contributed by atoms with E-state index in [4.69, 9.17) is 9.84 Å². The Morgan fingerprint density at radius 3 is 2.35 bits per heavy atom. The fraction of sp³-hybridized carbons (Fsp3) is 0.217. The number of amides is 4. The molecule has 2 aromatic carbocycles. The van der Waals surface area contributed by atoms with Crippen molar-refractivity contribution >= 4 is 29.9 Å². The van der Waals surface area contributed by atoms with Gasteiger partial charge in [-0.2, -0.15) is 0 Å². The van der Waals surface area contributed by atoms with E-state index in [0.717, 1.165) is 15.4 Å². The summed E-state index contributed by atoms with van der Waals surface area (Å²) in [6, 6.07) is 12.6. The van der Waals surface area contributed by atoms with Gasteiger partial charge in [0.2, 0.25) is 0 Å². The number of likely N-dealkylation sites (N-methyl/N-ethyl adjacent to an activating group) is 1. The van der Waals surface area contributed by atoms with E-state index >= 15 is 0 Å². The first-order valence-corrected chi connectivity index (χ1v) is 9.73. The molecular weight excluding hydrogens is 400 g/mol. The van der Waals surface area contributed by atoms with Crippen molar-refractivity contribution in [2.75, 3.05) is 13.6 Å². The number of ether oxygens (including phenoxy) is 1. The molecule has 0 aliphatic carbocycles. The zero-order valence-corrected chi connectivity index (χ0v) is 17.2. The number of para-hydroxylation sites is 1. The van der Waals surface area contributed by atoms with E-state index in [0.29, 0.717) is 17.7 Å². The smallest absolute Gasteiger partial charge is 0.335 e. The van der Waals surface area contributed by atoms with Crippen LogP contribution in [0.15, 0.2) is 54.1 Å². The van der Waals surface area contributed by atoms with Gasteiger partial charge in [0.25, 0.3) is 11.8 Å². The van der Waals surface area contributed by atoms with Crippen LogP contribution in [0.3, 0.4) is 0 Å². The summed E-state index contributed by atoms with van der Waals surface area (Å²) in [5.74, 6) is -1.86. The van der Waals surface area contributed by atoms with Crippen molar-refractivity contribution in [3.63, 3.8) is 0 Å². The summed E-state index contributed by atoms with van der Waals surface area (Å²) in [5, 5.41) is 8.99. The molecule has 1 fully saturated rings. The minimum atomic E-state index is -1.01. The van der Waals surface area contributed by atoms with Gasteiger partial charge in [0.15, 0.2) is 0 Å². The van der Waals surface area contributed by atoms with Gasteiger partial charge in [-0.05, 0) is 36.3 Å². The molecule has 1 N–H and O–H groups in total. The van der Waals surface area contributed by atoms with E-state index in [9.17, 15) is 19.2 Å². The molecule has 160 valence electrons. The zero-order valence-electron chi connectivity index (χ0n) is 17.2. The van der Waals surface area contributed by atoms with Gasteiger partial charge in [0.1, 0.15) is 17.9 Å². The normalized spacial score (nSPS) is 15.5. The van der Waals surface area contributed by atoms with Gasteiger partial charge in [-0.3, -0.25) is 19.4 Å². The number of benzene rings is 2. The van der Waals surface area contributed by atoms with Gasteiger partial charge in [0.05, 0.1) is 5.56 Å². The number of carbonyl (C=O) groups excluding carboxylic acids is 3. The van der Waals surface area contributed by atoms with Gasteiger partial charge >= 0.3 is 12.0 Å². The molecule has 1 aliphatic heterocycles. The number of rotatable bonds is 7. The molecule has 4 amide bonds. The Balaban J connectivity index is 1.85. The summed E-state index contributed by atoms with van der Waals surface area (Å²) in [5.41, 5.74) is 1.34. The van der Waals surface area contributed by atoms with Crippen LogP contribution in [-0.4, -0.2) is 52.3 Å². The SMILES string of the molecule is CCCN1C(=O)C(=Cc2ccccc2OCc2ccc(C(=O)O)cc2)C(=O)N(C)C1=O. The molecule has 8 heteroatoms. The molecule has 31 heavy (non-hydrogen) atoms. The van der Waals surface area contributed by atoms with Crippen LogP contribution in [0.2, 0.25) is 0 Å².